The summed E-state index contributed by atoms with van der Waals surface area (Å²) in [6, 6.07) is 6.76. The van der Waals surface area contributed by atoms with Crippen molar-refractivity contribution in [3.63, 3.8) is 0 Å². The molecule has 2 rings (SSSR count). The molecule has 0 atom stereocenters. The van der Waals surface area contributed by atoms with Crippen LogP contribution in [0.15, 0.2) is 24.3 Å². The maximum absolute atomic E-state index is 11.2. The fourth-order valence-electron chi connectivity index (χ4n) is 1.48. The van der Waals surface area contributed by atoms with Crippen molar-refractivity contribution in [1.29, 1.82) is 0 Å². The van der Waals surface area contributed by atoms with Crippen molar-refractivity contribution in [3.8, 4) is 5.75 Å². The lowest BCUT2D eigenvalue weighted by Crippen LogP contribution is -2.25. The molecule has 1 aromatic rings. The average Bonchev–Trinajstić information content (AvgIpc) is 2.52. The lowest BCUT2D eigenvalue weighted by Gasteiger charge is -2.13. The predicted octanol–water partition coefficient (Wildman–Crippen LogP) is 0.932. The predicted molar refractivity (Wildman–Crippen MR) is 50.9 cm³/mol. The standard InChI is InChI=1S/C10H11N2O2/c13-9-3-1-2-8(6-9)7-12-5-4-11-10(12)14/h1-3,6,13H,4-5,7H2. The van der Waals surface area contributed by atoms with Gasteiger partial charge in [0.25, 0.3) is 0 Å². The first-order valence-corrected chi connectivity index (χ1v) is 4.50. The van der Waals surface area contributed by atoms with Crippen LogP contribution in [0.25, 0.3) is 0 Å². The van der Waals surface area contributed by atoms with Gasteiger partial charge in [-0.15, -0.1) is 0 Å². The van der Waals surface area contributed by atoms with E-state index in [4.69, 9.17) is 0 Å². The molecule has 0 aliphatic carbocycles. The van der Waals surface area contributed by atoms with Gasteiger partial charge < -0.3 is 10.0 Å². The second-order valence-electron chi connectivity index (χ2n) is 3.26. The number of rotatable bonds is 2. The van der Waals surface area contributed by atoms with Crippen molar-refractivity contribution >= 4 is 6.03 Å². The molecule has 1 aliphatic heterocycles. The Labute approximate surface area is 82.2 Å². The maximum atomic E-state index is 11.2. The fourth-order valence-corrected chi connectivity index (χ4v) is 1.48. The largest absolute Gasteiger partial charge is 0.508 e. The minimum absolute atomic E-state index is 0.159. The summed E-state index contributed by atoms with van der Waals surface area (Å²) in [5.41, 5.74) is 0.926. The number of nitrogens with zero attached hydrogens (tertiary/aromatic N) is 2. The van der Waals surface area contributed by atoms with Gasteiger partial charge in [-0.3, -0.25) is 0 Å². The molecule has 1 aromatic carbocycles. The van der Waals surface area contributed by atoms with Gasteiger partial charge in [0, 0.05) is 13.1 Å². The number of amides is 2. The zero-order valence-corrected chi connectivity index (χ0v) is 7.68. The Bertz CT molecular complexity index is 352. The normalized spacial score (nSPS) is 15.7. The van der Waals surface area contributed by atoms with Crippen LogP contribution in [0.5, 0.6) is 5.75 Å². The molecular formula is C10H11N2O2. The average molecular weight is 191 g/mol. The van der Waals surface area contributed by atoms with Crippen LogP contribution in [0.3, 0.4) is 0 Å². The van der Waals surface area contributed by atoms with E-state index >= 15 is 0 Å². The summed E-state index contributed by atoms with van der Waals surface area (Å²) in [7, 11) is 0. The van der Waals surface area contributed by atoms with Crippen LogP contribution in [0.1, 0.15) is 5.56 Å². The smallest absolute Gasteiger partial charge is 0.339 e. The van der Waals surface area contributed by atoms with Gasteiger partial charge in [0.2, 0.25) is 0 Å². The SMILES string of the molecule is O=C1[N]CCN1Cc1cccc(O)c1. The summed E-state index contributed by atoms with van der Waals surface area (Å²) in [6.07, 6.45) is 0. The molecule has 4 nitrogen and oxygen atoms in total. The molecule has 0 spiro atoms. The van der Waals surface area contributed by atoms with Crippen molar-refractivity contribution < 1.29 is 9.90 Å². The number of phenols is 1. The van der Waals surface area contributed by atoms with Crippen molar-refractivity contribution in [1.82, 2.24) is 10.2 Å². The number of phenolic OH excluding ortho intramolecular Hbond substituents is 1. The van der Waals surface area contributed by atoms with E-state index in [1.165, 1.54) is 0 Å². The first kappa shape index (κ1) is 8.87. The molecule has 1 saturated heterocycles. The van der Waals surface area contributed by atoms with Crippen molar-refractivity contribution in [2.75, 3.05) is 13.1 Å². The van der Waals surface area contributed by atoms with Crippen molar-refractivity contribution in [3.05, 3.63) is 29.8 Å². The van der Waals surface area contributed by atoms with E-state index in [1.807, 2.05) is 6.07 Å². The minimum Gasteiger partial charge on any atom is -0.508 e. The third-order valence-corrected chi connectivity index (χ3v) is 2.17. The summed E-state index contributed by atoms with van der Waals surface area (Å²) in [5, 5.41) is 13.0. The van der Waals surface area contributed by atoms with Crippen molar-refractivity contribution in [2.45, 2.75) is 6.54 Å². The lowest BCUT2D eigenvalue weighted by atomic mass is 10.2. The number of carbonyl (C=O) groups is 1. The van der Waals surface area contributed by atoms with Crippen molar-refractivity contribution in [2.24, 2.45) is 0 Å². The minimum atomic E-state index is -0.159. The van der Waals surface area contributed by atoms with E-state index in [9.17, 15) is 9.90 Å². The molecular weight excluding hydrogens is 180 g/mol. The summed E-state index contributed by atoms with van der Waals surface area (Å²) in [5.74, 6) is 0.228. The Balaban J connectivity index is 2.07. The number of carbonyl (C=O) groups excluding carboxylic acids is 1. The highest BCUT2D eigenvalue weighted by molar-refractivity contribution is 5.75. The quantitative estimate of drug-likeness (QED) is 0.756. The Morgan fingerprint density at radius 1 is 1.50 bits per heavy atom. The Hall–Kier alpha value is -1.71. The van der Waals surface area contributed by atoms with E-state index in [-0.39, 0.29) is 11.8 Å². The number of aromatic hydroxyl groups is 1. The van der Waals surface area contributed by atoms with Crippen LogP contribution in [0.4, 0.5) is 4.79 Å². The molecule has 1 N–H and O–H groups in total. The van der Waals surface area contributed by atoms with Crippen LogP contribution in [-0.2, 0) is 6.54 Å². The Morgan fingerprint density at radius 2 is 2.36 bits per heavy atom. The van der Waals surface area contributed by atoms with E-state index < -0.39 is 0 Å². The first-order chi connectivity index (χ1) is 6.75. The molecule has 4 heteroatoms. The van der Waals surface area contributed by atoms with Gasteiger partial charge in [-0.25, -0.2) is 10.1 Å². The summed E-state index contributed by atoms with van der Waals surface area (Å²) < 4.78 is 0. The molecule has 0 saturated carbocycles. The third kappa shape index (κ3) is 1.79. The lowest BCUT2D eigenvalue weighted by molar-refractivity contribution is 0.215. The molecule has 14 heavy (non-hydrogen) atoms. The van der Waals surface area contributed by atoms with E-state index in [2.05, 4.69) is 5.32 Å². The van der Waals surface area contributed by atoms with Crippen LogP contribution >= 0.6 is 0 Å². The molecule has 0 aromatic heterocycles. The van der Waals surface area contributed by atoms with Crippen LogP contribution in [0.2, 0.25) is 0 Å². The monoisotopic (exact) mass is 191 g/mol. The second-order valence-corrected chi connectivity index (χ2v) is 3.26. The van der Waals surface area contributed by atoms with E-state index in [0.717, 1.165) is 5.56 Å². The third-order valence-electron chi connectivity index (χ3n) is 2.17. The number of urea groups is 1. The Morgan fingerprint density at radius 3 is 3.00 bits per heavy atom. The topological polar surface area (TPSA) is 54.6 Å². The molecule has 0 bridgehead atoms. The van der Waals surface area contributed by atoms with Gasteiger partial charge in [0.05, 0.1) is 6.54 Å². The second kappa shape index (κ2) is 3.57. The van der Waals surface area contributed by atoms with E-state index in [1.54, 1.807) is 23.1 Å². The van der Waals surface area contributed by atoms with Gasteiger partial charge in [-0.2, -0.15) is 0 Å². The zero-order valence-electron chi connectivity index (χ0n) is 7.68. The van der Waals surface area contributed by atoms with E-state index in [0.29, 0.717) is 19.6 Å². The highest BCUT2D eigenvalue weighted by Gasteiger charge is 2.20. The summed E-state index contributed by atoms with van der Waals surface area (Å²) in [4.78, 5) is 12.8. The van der Waals surface area contributed by atoms with Crippen LogP contribution < -0.4 is 5.32 Å². The number of hydrogen-bond acceptors (Lipinski definition) is 2. The van der Waals surface area contributed by atoms with Gasteiger partial charge in [0.1, 0.15) is 5.75 Å². The highest BCUT2D eigenvalue weighted by atomic mass is 16.3. The summed E-state index contributed by atoms with van der Waals surface area (Å²) in [6.45, 7) is 1.78. The molecule has 1 heterocycles. The number of hydrogen-bond donors (Lipinski definition) is 1. The summed E-state index contributed by atoms with van der Waals surface area (Å²) >= 11 is 0. The Kier molecular flexibility index (Phi) is 2.26. The molecule has 73 valence electrons. The van der Waals surface area contributed by atoms with Gasteiger partial charge in [-0.05, 0) is 17.7 Å². The van der Waals surface area contributed by atoms with Gasteiger partial charge >= 0.3 is 6.03 Å². The molecule has 1 radical (unpaired) electrons. The maximum Gasteiger partial charge on any atom is 0.339 e. The first-order valence-electron chi connectivity index (χ1n) is 4.50. The zero-order chi connectivity index (χ0) is 9.97. The molecule has 2 amide bonds. The fraction of sp³-hybridized carbons (Fsp3) is 0.300. The molecule has 1 aliphatic rings. The van der Waals surface area contributed by atoms with Gasteiger partial charge in [-0.1, -0.05) is 12.1 Å². The van der Waals surface area contributed by atoms with Crippen LogP contribution in [0, 0.1) is 0 Å². The van der Waals surface area contributed by atoms with Crippen LogP contribution in [-0.4, -0.2) is 29.1 Å². The molecule has 1 fully saturated rings. The van der Waals surface area contributed by atoms with Gasteiger partial charge in [0.15, 0.2) is 0 Å². The number of benzene rings is 1. The highest BCUT2D eigenvalue weighted by Crippen LogP contribution is 2.14. The molecule has 0 unspecified atom stereocenters.